The molecule has 1 unspecified atom stereocenters. The van der Waals surface area contributed by atoms with E-state index in [-0.39, 0.29) is 50.3 Å². The number of benzene rings is 2. The molecule has 11 heteroatoms. The number of carbonyl (C=O) groups is 2. The number of nitrogens with one attached hydrogen (secondary N) is 1. The number of esters is 1. The lowest BCUT2D eigenvalue weighted by molar-refractivity contribution is -0.271. The Kier molecular flexibility index (Phi) is 9.37. The van der Waals surface area contributed by atoms with Gasteiger partial charge in [-0.15, -0.1) is 0 Å². The summed E-state index contributed by atoms with van der Waals surface area (Å²) in [6, 6.07) is 10.9. The molecule has 39 heavy (non-hydrogen) atoms. The lowest BCUT2D eigenvalue weighted by atomic mass is 9.64. The fraction of sp³-hybridized carbons (Fsp3) is 0.464. The molecule has 2 aromatic carbocycles. The highest BCUT2D eigenvalue weighted by molar-refractivity contribution is 5.88. The van der Waals surface area contributed by atoms with Crippen LogP contribution in [-0.4, -0.2) is 63.1 Å². The summed E-state index contributed by atoms with van der Waals surface area (Å²) in [4.78, 5) is 27.3. The first-order valence-corrected chi connectivity index (χ1v) is 12.5. The zero-order valence-corrected chi connectivity index (χ0v) is 22.0. The van der Waals surface area contributed by atoms with E-state index in [9.17, 15) is 27.2 Å². The minimum Gasteiger partial charge on any atom is -0.493 e. The van der Waals surface area contributed by atoms with Gasteiger partial charge in [0.25, 0.3) is 11.5 Å². The van der Waals surface area contributed by atoms with Gasteiger partial charge in [0.1, 0.15) is 0 Å². The van der Waals surface area contributed by atoms with E-state index >= 15 is 0 Å². The van der Waals surface area contributed by atoms with Gasteiger partial charge in [0.15, 0.2) is 11.6 Å². The van der Waals surface area contributed by atoms with Crippen molar-refractivity contribution in [2.75, 3.05) is 33.9 Å². The Labute approximate surface area is 224 Å². The third kappa shape index (κ3) is 5.63. The quantitative estimate of drug-likeness (QED) is 0.248. The second kappa shape index (κ2) is 12.1. The van der Waals surface area contributed by atoms with Gasteiger partial charge in [-0.05, 0) is 31.2 Å². The van der Waals surface area contributed by atoms with Gasteiger partial charge in [-0.3, -0.25) is 9.59 Å². The molecule has 2 atom stereocenters. The van der Waals surface area contributed by atoms with Gasteiger partial charge in [0, 0.05) is 43.5 Å². The van der Waals surface area contributed by atoms with Crippen molar-refractivity contribution in [2.45, 2.75) is 43.9 Å². The summed E-state index contributed by atoms with van der Waals surface area (Å²) < 4.78 is 73.4. The van der Waals surface area contributed by atoms with Crippen LogP contribution >= 0.6 is 0 Å². The highest BCUT2D eigenvalue weighted by Crippen LogP contribution is 2.50. The Hall–Kier alpha value is -3.47. The molecule has 0 aromatic heterocycles. The van der Waals surface area contributed by atoms with Crippen LogP contribution in [0.4, 0.5) is 17.6 Å². The van der Waals surface area contributed by atoms with E-state index in [1.807, 2.05) is 0 Å². The molecule has 0 spiro atoms. The van der Waals surface area contributed by atoms with Crippen molar-refractivity contribution in [1.82, 2.24) is 4.90 Å². The van der Waals surface area contributed by atoms with Crippen molar-refractivity contribution in [3.8, 4) is 5.75 Å². The second-order valence-electron chi connectivity index (χ2n) is 9.39. The van der Waals surface area contributed by atoms with Crippen LogP contribution < -0.4 is 4.74 Å². The maximum Gasteiger partial charge on any atom is 0.430 e. The van der Waals surface area contributed by atoms with Crippen LogP contribution in [0.3, 0.4) is 0 Å². The van der Waals surface area contributed by atoms with Crippen LogP contribution in [0.2, 0.25) is 0 Å². The number of piperidine rings is 1. The Balaban J connectivity index is 2.01. The van der Waals surface area contributed by atoms with Crippen molar-refractivity contribution in [1.29, 1.82) is 5.41 Å². The van der Waals surface area contributed by atoms with Crippen molar-refractivity contribution in [3.05, 3.63) is 65.5 Å². The Bertz CT molecular complexity index is 1170. The molecule has 7 nitrogen and oxygen atoms in total. The van der Waals surface area contributed by atoms with Crippen LogP contribution in [0.15, 0.2) is 48.5 Å². The summed E-state index contributed by atoms with van der Waals surface area (Å²) in [6.07, 6.45) is -4.08. The summed E-state index contributed by atoms with van der Waals surface area (Å²) in [6.45, 7) is 1.43. The number of para-hydroxylation sites is 1. The third-order valence-electron chi connectivity index (χ3n) is 7.40. The fourth-order valence-corrected chi connectivity index (χ4v) is 5.46. The van der Waals surface area contributed by atoms with Gasteiger partial charge in [-0.2, -0.15) is 13.2 Å². The van der Waals surface area contributed by atoms with Crippen LogP contribution in [-0.2, 0) is 24.7 Å². The standard InChI is InChI=1S/C28H32F4N2O5/c1-4-39-23(35)17-26(21(18-33)20-11-8-12-22(29)24(20)37-2)13-15-34(16-14-26)25(36)27(38-3,28(30,31)32)19-9-6-5-7-10-19/h5-12,18,21,33H,4,13-17H2,1-3H3/t21?,27-/m1/s1. The van der Waals surface area contributed by atoms with Crippen molar-refractivity contribution in [3.63, 3.8) is 0 Å². The first-order chi connectivity index (χ1) is 18.5. The zero-order valence-electron chi connectivity index (χ0n) is 22.0. The molecule has 3 rings (SSSR count). The highest BCUT2D eigenvalue weighted by Gasteiger charge is 2.64. The predicted octanol–water partition coefficient (Wildman–Crippen LogP) is 5.23. The average Bonchev–Trinajstić information content (AvgIpc) is 2.90. The Morgan fingerprint density at radius 2 is 1.72 bits per heavy atom. The number of hydrogen-bond acceptors (Lipinski definition) is 6. The van der Waals surface area contributed by atoms with Gasteiger partial charge in [-0.1, -0.05) is 42.5 Å². The topological polar surface area (TPSA) is 88.9 Å². The number of alkyl halides is 3. The molecule has 1 aliphatic rings. The SMILES string of the molecule is CCOC(=O)CC1(C(C=N)c2cccc(F)c2OC)CCN(C(=O)[C@](OC)(c2ccccc2)C(F)(F)F)CC1. The number of likely N-dealkylation sites (tertiary alicyclic amines) is 1. The second-order valence-corrected chi connectivity index (χ2v) is 9.39. The normalized spacial score (nSPS) is 17.6. The molecule has 0 aliphatic carbocycles. The molecule has 0 saturated carbocycles. The number of nitrogens with zero attached hydrogens (tertiary/aromatic N) is 1. The summed E-state index contributed by atoms with van der Waals surface area (Å²) in [5.74, 6) is -3.42. The number of methoxy groups -OCH3 is 2. The van der Waals surface area contributed by atoms with E-state index in [1.54, 1.807) is 13.0 Å². The van der Waals surface area contributed by atoms with Gasteiger partial charge in [-0.25, -0.2) is 4.39 Å². The molecular weight excluding hydrogens is 520 g/mol. The molecule has 1 aliphatic heterocycles. The number of ether oxygens (including phenoxy) is 3. The minimum atomic E-state index is -5.06. The summed E-state index contributed by atoms with van der Waals surface area (Å²) >= 11 is 0. The highest BCUT2D eigenvalue weighted by atomic mass is 19.4. The van der Waals surface area contributed by atoms with Crippen molar-refractivity contribution < 1.29 is 41.4 Å². The average molecular weight is 553 g/mol. The lowest BCUT2D eigenvalue weighted by Crippen LogP contribution is -2.59. The van der Waals surface area contributed by atoms with Crippen LogP contribution in [0.25, 0.3) is 0 Å². The Morgan fingerprint density at radius 1 is 1.08 bits per heavy atom. The maximum absolute atomic E-state index is 14.6. The number of amides is 1. The predicted molar refractivity (Wildman–Crippen MR) is 135 cm³/mol. The van der Waals surface area contributed by atoms with E-state index in [0.717, 1.165) is 18.2 Å². The number of carbonyl (C=O) groups excluding carboxylic acids is 2. The summed E-state index contributed by atoms with van der Waals surface area (Å²) in [5.41, 5.74) is -4.30. The van der Waals surface area contributed by atoms with Crippen molar-refractivity contribution >= 4 is 18.1 Å². The lowest BCUT2D eigenvalue weighted by Gasteiger charge is -2.47. The number of rotatable bonds is 10. The maximum atomic E-state index is 14.6. The molecular formula is C28H32F4N2O5. The monoisotopic (exact) mass is 552 g/mol. The molecule has 1 saturated heterocycles. The van der Waals surface area contributed by atoms with Crippen LogP contribution in [0, 0.1) is 16.6 Å². The zero-order chi connectivity index (χ0) is 28.8. The first-order valence-electron chi connectivity index (χ1n) is 12.5. The van der Waals surface area contributed by atoms with Gasteiger partial charge in [0.05, 0.1) is 20.1 Å². The molecule has 1 heterocycles. The summed E-state index contributed by atoms with van der Waals surface area (Å²) in [7, 11) is 2.13. The van der Waals surface area contributed by atoms with Gasteiger partial charge < -0.3 is 24.5 Å². The van der Waals surface area contributed by atoms with E-state index in [4.69, 9.17) is 19.6 Å². The fourth-order valence-electron chi connectivity index (χ4n) is 5.46. The first kappa shape index (κ1) is 30.1. The smallest absolute Gasteiger partial charge is 0.430 e. The largest absolute Gasteiger partial charge is 0.493 e. The molecule has 1 fully saturated rings. The van der Waals surface area contributed by atoms with Gasteiger partial charge >= 0.3 is 12.1 Å². The van der Waals surface area contributed by atoms with E-state index in [2.05, 4.69) is 0 Å². The molecule has 0 bridgehead atoms. The molecule has 212 valence electrons. The van der Waals surface area contributed by atoms with E-state index in [0.29, 0.717) is 5.56 Å². The van der Waals surface area contributed by atoms with E-state index in [1.165, 1.54) is 49.6 Å². The molecule has 1 N–H and O–H groups in total. The van der Waals surface area contributed by atoms with Crippen LogP contribution in [0.1, 0.15) is 43.2 Å². The molecule has 2 aromatic rings. The number of hydrogen-bond donors (Lipinski definition) is 1. The Morgan fingerprint density at radius 3 is 2.23 bits per heavy atom. The minimum absolute atomic E-state index is 0.0453. The number of halogens is 4. The third-order valence-corrected chi connectivity index (χ3v) is 7.40. The van der Waals surface area contributed by atoms with E-state index < -0.39 is 40.8 Å². The van der Waals surface area contributed by atoms with Crippen LogP contribution in [0.5, 0.6) is 5.75 Å². The molecule has 1 amide bonds. The summed E-state index contributed by atoms with van der Waals surface area (Å²) in [5, 5.41) is 8.20. The molecule has 0 radical (unpaired) electrons. The van der Waals surface area contributed by atoms with Gasteiger partial charge in [0.2, 0.25) is 0 Å². The van der Waals surface area contributed by atoms with Crippen molar-refractivity contribution in [2.24, 2.45) is 5.41 Å².